The third-order valence-electron chi connectivity index (χ3n) is 3.11. The van der Waals surface area contributed by atoms with Crippen molar-refractivity contribution in [1.29, 1.82) is 0 Å². The second-order valence-corrected chi connectivity index (χ2v) is 5.13. The lowest BCUT2D eigenvalue weighted by atomic mass is 10.3. The molecule has 0 aliphatic carbocycles. The van der Waals surface area contributed by atoms with Crippen molar-refractivity contribution in [3.63, 3.8) is 0 Å². The Kier molecular flexibility index (Phi) is 5.54. The van der Waals surface area contributed by atoms with Gasteiger partial charge in [-0.3, -0.25) is 9.48 Å². The lowest BCUT2D eigenvalue weighted by Gasteiger charge is -2.08. The van der Waals surface area contributed by atoms with Crippen molar-refractivity contribution in [2.75, 3.05) is 11.9 Å². The Labute approximate surface area is 137 Å². The number of anilines is 1. The first-order chi connectivity index (χ1) is 10.9. The Morgan fingerprint density at radius 3 is 2.57 bits per heavy atom. The summed E-state index contributed by atoms with van der Waals surface area (Å²) in [6.07, 6.45) is -2.78. The van der Waals surface area contributed by atoms with Gasteiger partial charge in [-0.05, 0) is 38.1 Å². The molecular weight excluding hydrogens is 328 g/mol. The number of aromatic nitrogens is 2. The first kappa shape index (κ1) is 17.2. The molecule has 0 fully saturated rings. The monoisotopic (exact) mass is 343 g/mol. The lowest BCUT2D eigenvalue weighted by molar-refractivity contribution is -0.117. The molecule has 0 aliphatic heterocycles. The summed E-state index contributed by atoms with van der Waals surface area (Å²) in [6, 6.07) is 6.83. The molecule has 5 nitrogen and oxygen atoms in total. The molecule has 124 valence electrons. The van der Waals surface area contributed by atoms with Gasteiger partial charge in [0.05, 0.1) is 17.3 Å². The van der Waals surface area contributed by atoms with E-state index in [4.69, 9.17) is 16.3 Å². The van der Waals surface area contributed by atoms with Gasteiger partial charge in [-0.15, -0.1) is 0 Å². The van der Waals surface area contributed by atoms with Crippen LogP contribution in [0.2, 0.25) is 5.02 Å². The molecule has 0 atom stereocenters. The average molecular weight is 344 g/mol. The number of nitrogens with one attached hydrogen (secondary N) is 1. The van der Waals surface area contributed by atoms with Crippen LogP contribution in [-0.4, -0.2) is 22.3 Å². The van der Waals surface area contributed by atoms with Crippen molar-refractivity contribution in [1.82, 2.24) is 9.78 Å². The van der Waals surface area contributed by atoms with Crippen LogP contribution in [0, 0.1) is 6.92 Å². The molecule has 0 bridgehead atoms. The summed E-state index contributed by atoms with van der Waals surface area (Å²) in [4.78, 5) is 12.0. The molecule has 1 heterocycles. The highest BCUT2D eigenvalue weighted by Gasteiger charge is 2.21. The number of ether oxygens (including phenoxy) is 1. The Balaban J connectivity index is 2.03. The minimum absolute atomic E-state index is 0.117. The number of rotatable bonds is 6. The fourth-order valence-electron chi connectivity index (χ4n) is 1.98. The molecule has 2 rings (SSSR count). The van der Waals surface area contributed by atoms with Crippen molar-refractivity contribution in [2.24, 2.45) is 0 Å². The van der Waals surface area contributed by atoms with E-state index in [1.807, 2.05) is 6.92 Å². The third kappa shape index (κ3) is 4.19. The van der Waals surface area contributed by atoms with Crippen LogP contribution in [0.5, 0.6) is 5.75 Å². The molecule has 23 heavy (non-hydrogen) atoms. The molecule has 0 unspecified atom stereocenters. The van der Waals surface area contributed by atoms with Gasteiger partial charge in [0, 0.05) is 5.69 Å². The van der Waals surface area contributed by atoms with E-state index in [1.54, 1.807) is 24.3 Å². The molecular formula is C15H16ClF2N3O2. The summed E-state index contributed by atoms with van der Waals surface area (Å²) >= 11 is 5.79. The van der Waals surface area contributed by atoms with Crippen molar-refractivity contribution in [2.45, 2.75) is 26.8 Å². The highest BCUT2D eigenvalue weighted by molar-refractivity contribution is 6.31. The molecule has 0 spiro atoms. The Bertz CT molecular complexity index is 687. The minimum atomic E-state index is -2.78. The highest BCUT2D eigenvalue weighted by Crippen LogP contribution is 2.28. The molecule has 1 N–H and O–H groups in total. The fourth-order valence-corrected chi connectivity index (χ4v) is 2.20. The molecule has 8 heteroatoms. The summed E-state index contributed by atoms with van der Waals surface area (Å²) < 4.78 is 31.9. The fraction of sp³-hybridized carbons (Fsp3) is 0.333. The van der Waals surface area contributed by atoms with Gasteiger partial charge < -0.3 is 10.1 Å². The minimum Gasteiger partial charge on any atom is -0.494 e. The largest absolute Gasteiger partial charge is 0.494 e. The maximum atomic E-state index is 12.7. The summed E-state index contributed by atoms with van der Waals surface area (Å²) in [5.74, 6) is 0.305. The second-order valence-electron chi connectivity index (χ2n) is 4.75. The standard InChI is InChI=1S/C15H16ClF2N3O2/c1-3-23-11-6-4-10(5-7-11)19-12(22)8-21-9(2)13(16)14(20-21)15(17)18/h4-7,15H,3,8H2,1-2H3,(H,19,22). The van der Waals surface area contributed by atoms with E-state index >= 15 is 0 Å². The van der Waals surface area contributed by atoms with Crippen molar-refractivity contribution in [3.8, 4) is 5.75 Å². The van der Waals surface area contributed by atoms with Crippen LogP contribution in [0.4, 0.5) is 14.5 Å². The molecule has 0 radical (unpaired) electrons. The Hall–Kier alpha value is -2.15. The third-order valence-corrected chi connectivity index (χ3v) is 3.57. The van der Waals surface area contributed by atoms with Gasteiger partial charge in [-0.1, -0.05) is 11.6 Å². The van der Waals surface area contributed by atoms with Crippen LogP contribution in [0.1, 0.15) is 24.7 Å². The number of hydrogen-bond donors (Lipinski definition) is 1. The SMILES string of the molecule is CCOc1ccc(NC(=O)Cn2nc(C(F)F)c(Cl)c2C)cc1. The van der Waals surface area contributed by atoms with Crippen LogP contribution in [0.25, 0.3) is 0 Å². The second kappa shape index (κ2) is 7.41. The topological polar surface area (TPSA) is 56.1 Å². The van der Waals surface area contributed by atoms with Crippen molar-refractivity contribution >= 4 is 23.2 Å². The van der Waals surface area contributed by atoms with Crippen LogP contribution in [0.3, 0.4) is 0 Å². The first-order valence-electron chi connectivity index (χ1n) is 6.96. The molecule has 0 saturated heterocycles. The molecule has 1 amide bonds. The number of amides is 1. The number of carbonyl (C=O) groups excluding carboxylic acids is 1. The van der Waals surface area contributed by atoms with E-state index in [0.717, 1.165) is 4.68 Å². The summed E-state index contributed by atoms with van der Waals surface area (Å²) in [5.41, 5.74) is 0.380. The van der Waals surface area contributed by atoms with E-state index in [2.05, 4.69) is 10.4 Å². The van der Waals surface area contributed by atoms with Crippen LogP contribution < -0.4 is 10.1 Å². The molecule has 1 aromatic heterocycles. The zero-order valence-electron chi connectivity index (χ0n) is 12.6. The van der Waals surface area contributed by atoms with E-state index in [0.29, 0.717) is 23.7 Å². The summed E-state index contributed by atoms with van der Waals surface area (Å²) in [7, 11) is 0. The predicted molar refractivity (Wildman–Crippen MR) is 83.2 cm³/mol. The normalized spacial score (nSPS) is 10.9. The summed E-state index contributed by atoms with van der Waals surface area (Å²) in [6.45, 7) is 3.76. The number of nitrogens with zero attached hydrogens (tertiary/aromatic N) is 2. The van der Waals surface area contributed by atoms with Gasteiger partial charge in [0.15, 0.2) is 0 Å². The van der Waals surface area contributed by atoms with Crippen LogP contribution in [-0.2, 0) is 11.3 Å². The van der Waals surface area contributed by atoms with Crippen molar-refractivity contribution in [3.05, 3.63) is 40.7 Å². The molecule has 2 aromatic rings. The quantitative estimate of drug-likeness (QED) is 0.867. The Morgan fingerprint density at radius 2 is 2.04 bits per heavy atom. The van der Waals surface area contributed by atoms with Crippen LogP contribution in [0.15, 0.2) is 24.3 Å². The number of benzene rings is 1. The van der Waals surface area contributed by atoms with Gasteiger partial charge >= 0.3 is 0 Å². The zero-order chi connectivity index (χ0) is 17.0. The number of carbonyl (C=O) groups is 1. The molecule has 1 aromatic carbocycles. The van der Waals surface area contributed by atoms with Gasteiger partial charge in [0.25, 0.3) is 6.43 Å². The van der Waals surface area contributed by atoms with Gasteiger partial charge in [0.2, 0.25) is 5.91 Å². The zero-order valence-corrected chi connectivity index (χ0v) is 13.4. The molecule has 0 saturated carbocycles. The van der Waals surface area contributed by atoms with Gasteiger partial charge in [-0.25, -0.2) is 8.78 Å². The smallest absolute Gasteiger partial charge is 0.283 e. The van der Waals surface area contributed by atoms with E-state index in [1.165, 1.54) is 6.92 Å². The van der Waals surface area contributed by atoms with Crippen molar-refractivity contribution < 1.29 is 18.3 Å². The van der Waals surface area contributed by atoms with E-state index < -0.39 is 18.0 Å². The lowest BCUT2D eigenvalue weighted by Crippen LogP contribution is -2.20. The maximum Gasteiger partial charge on any atom is 0.283 e. The van der Waals surface area contributed by atoms with E-state index in [-0.39, 0.29) is 11.6 Å². The number of hydrogen-bond acceptors (Lipinski definition) is 3. The molecule has 0 aliphatic rings. The maximum absolute atomic E-state index is 12.7. The average Bonchev–Trinajstić information content (AvgIpc) is 2.78. The van der Waals surface area contributed by atoms with Crippen LogP contribution >= 0.6 is 11.6 Å². The number of alkyl halides is 2. The van der Waals surface area contributed by atoms with Gasteiger partial charge in [-0.2, -0.15) is 5.10 Å². The first-order valence-corrected chi connectivity index (χ1v) is 7.33. The Morgan fingerprint density at radius 1 is 1.39 bits per heavy atom. The summed E-state index contributed by atoms with van der Waals surface area (Å²) in [5, 5.41) is 6.22. The van der Waals surface area contributed by atoms with Gasteiger partial charge in [0.1, 0.15) is 18.0 Å². The predicted octanol–water partition coefficient (Wildman–Crippen LogP) is 3.82. The number of halogens is 3. The van der Waals surface area contributed by atoms with E-state index in [9.17, 15) is 13.6 Å². The highest BCUT2D eigenvalue weighted by atomic mass is 35.5.